The van der Waals surface area contributed by atoms with Gasteiger partial charge in [-0.2, -0.15) is 0 Å². The lowest BCUT2D eigenvalue weighted by Gasteiger charge is -2.30. The summed E-state index contributed by atoms with van der Waals surface area (Å²) in [6.45, 7) is 0. The largest absolute Gasteiger partial charge is 0.340 e. The zero-order chi connectivity index (χ0) is 29.1. The second kappa shape index (κ2) is 11.6. The molecule has 0 spiro atoms. The molecule has 204 valence electrons. The molecule has 0 aliphatic heterocycles. The predicted molar refractivity (Wildman–Crippen MR) is 173 cm³/mol. The molecule has 42 heavy (non-hydrogen) atoms. The van der Waals surface area contributed by atoms with Crippen molar-refractivity contribution in [2.24, 2.45) is 0 Å². The van der Waals surface area contributed by atoms with Crippen molar-refractivity contribution >= 4 is 44.5 Å². The van der Waals surface area contributed by atoms with Crippen molar-refractivity contribution in [3.8, 4) is 0 Å². The molecule has 0 aliphatic rings. The first-order chi connectivity index (χ1) is 20.5. The molecule has 0 fully saturated rings. The lowest BCUT2D eigenvalue weighted by molar-refractivity contribution is 0.0995. The Morgan fingerprint density at radius 2 is 0.738 bits per heavy atom. The fourth-order valence-corrected chi connectivity index (χ4v) is 5.33. The Labute approximate surface area is 245 Å². The Kier molecular flexibility index (Phi) is 7.35. The Morgan fingerprint density at radius 3 is 1.12 bits per heavy atom. The van der Waals surface area contributed by atoms with Crippen LogP contribution in [-0.2, 0) is 0 Å². The first kappa shape index (κ1) is 26.7. The van der Waals surface area contributed by atoms with E-state index in [-0.39, 0.29) is 11.6 Å². The van der Waals surface area contributed by atoms with Crippen LogP contribution in [0.15, 0.2) is 157 Å². The van der Waals surface area contributed by atoms with Crippen molar-refractivity contribution < 1.29 is 9.59 Å². The minimum Gasteiger partial charge on any atom is -0.340 e. The molecule has 6 rings (SSSR count). The van der Waals surface area contributed by atoms with Crippen LogP contribution < -0.4 is 9.80 Å². The normalized spacial score (nSPS) is 11.7. The molecular formula is C38H30N2O2. The molecule has 0 unspecified atom stereocenters. The van der Waals surface area contributed by atoms with Crippen molar-refractivity contribution in [3.63, 3.8) is 0 Å². The third kappa shape index (κ3) is 5.18. The molecule has 6 aromatic carbocycles. The number of ketones is 2. The van der Waals surface area contributed by atoms with Crippen molar-refractivity contribution in [2.75, 3.05) is 23.9 Å². The van der Waals surface area contributed by atoms with Crippen molar-refractivity contribution in [1.29, 1.82) is 0 Å². The van der Waals surface area contributed by atoms with Crippen LogP contribution in [0.25, 0.3) is 21.5 Å². The third-order valence-corrected chi connectivity index (χ3v) is 7.64. The van der Waals surface area contributed by atoms with Gasteiger partial charge in [0.2, 0.25) is 11.6 Å². The quantitative estimate of drug-likeness (QED) is 0.142. The zero-order valence-corrected chi connectivity index (χ0v) is 23.6. The van der Waals surface area contributed by atoms with Gasteiger partial charge >= 0.3 is 0 Å². The van der Waals surface area contributed by atoms with E-state index >= 15 is 0 Å². The third-order valence-electron chi connectivity index (χ3n) is 7.64. The topological polar surface area (TPSA) is 40.6 Å². The first-order valence-electron chi connectivity index (χ1n) is 13.9. The molecule has 0 N–H and O–H groups in total. The van der Waals surface area contributed by atoms with Crippen LogP contribution >= 0.6 is 0 Å². The zero-order valence-electron chi connectivity index (χ0n) is 23.6. The van der Waals surface area contributed by atoms with Crippen LogP contribution in [-0.4, -0.2) is 25.7 Å². The van der Waals surface area contributed by atoms with E-state index in [1.54, 1.807) is 0 Å². The molecule has 0 bridgehead atoms. The predicted octanol–water partition coefficient (Wildman–Crippen LogP) is 8.54. The standard InChI is InChI=1S/C38H30N2O2/c1-39(33-17-5-3-6-18-33)35(37(41)31-23-21-27-13-9-11-15-29(27)25-31)36(40(2)34-19-7-4-8-20-34)38(42)32-24-22-28-14-10-12-16-30(28)26-32/h3-26H,1-2H3/b36-35-. The van der Waals surface area contributed by atoms with E-state index in [4.69, 9.17) is 0 Å². The van der Waals surface area contributed by atoms with E-state index in [0.717, 1.165) is 32.9 Å². The van der Waals surface area contributed by atoms with Gasteiger partial charge < -0.3 is 9.80 Å². The number of hydrogen-bond donors (Lipinski definition) is 0. The van der Waals surface area contributed by atoms with E-state index < -0.39 is 0 Å². The van der Waals surface area contributed by atoms with Crippen LogP contribution in [0.5, 0.6) is 0 Å². The molecule has 0 saturated carbocycles. The number of rotatable bonds is 8. The average Bonchev–Trinajstić information content (AvgIpc) is 3.06. The molecule has 0 saturated heterocycles. The van der Waals surface area contributed by atoms with E-state index in [1.165, 1.54) is 0 Å². The van der Waals surface area contributed by atoms with Gasteiger partial charge in [-0.05, 0) is 57.9 Å². The van der Waals surface area contributed by atoms with Gasteiger partial charge in [0.05, 0.1) is 0 Å². The van der Waals surface area contributed by atoms with Crippen molar-refractivity contribution in [2.45, 2.75) is 0 Å². The van der Waals surface area contributed by atoms with Gasteiger partial charge in [-0.25, -0.2) is 0 Å². The first-order valence-corrected chi connectivity index (χ1v) is 13.9. The Morgan fingerprint density at radius 1 is 0.405 bits per heavy atom. The molecular weight excluding hydrogens is 516 g/mol. The number of likely N-dealkylation sites (N-methyl/N-ethyl adjacent to an activating group) is 2. The van der Waals surface area contributed by atoms with Crippen LogP contribution in [0.2, 0.25) is 0 Å². The van der Waals surface area contributed by atoms with Gasteiger partial charge in [0.1, 0.15) is 11.4 Å². The van der Waals surface area contributed by atoms with Crippen molar-refractivity contribution in [3.05, 3.63) is 168 Å². The fourth-order valence-electron chi connectivity index (χ4n) is 5.33. The Bertz CT molecular complexity index is 1800. The Balaban J connectivity index is 1.61. The summed E-state index contributed by atoms with van der Waals surface area (Å²) in [6.07, 6.45) is 0. The maximum atomic E-state index is 14.7. The lowest BCUT2D eigenvalue weighted by Crippen LogP contribution is -2.34. The van der Waals surface area contributed by atoms with Gasteiger partial charge in [0.15, 0.2) is 0 Å². The summed E-state index contributed by atoms with van der Waals surface area (Å²) in [5.41, 5.74) is 3.20. The van der Waals surface area contributed by atoms with E-state index in [2.05, 4.69) is 0 Å². The number of Topliss-reactive ketones (excluding diaryl/α,β-unsaturated/α-hetero) is 2. The number of anilines is 2. The molecule has 0 atom stereocenters. The van der Waals surface area contributed by atoms with Gasteiger partial charge in [0, 0.05) is 36.6 Å². The molecule has 0 aromatic heterocycles. The van der Waals surface area contributed by atoms with Crippen molar-refractivity contribution in [1.82, 2.24) is 0 Å². The summed E-state index contributed by atoms with van der Waals surface area (Å²) in [7, 11) is 3.69. The molecule has 0 aliphatic carbocycles. The second-order valence-electron chi connectivity index (χ2n) is 10.3. The summed E-state index contributed by atoms with van der Waals surface area (Å²) >= 11 is 0. The molecule has 0 amide bonds. The van der Waals surface area contributed by atoms with E-state index in [9.17, 15) is 9.59 Å². The van der Waals surface area contributed by atoms with Gasteiger partial charge in [-0.3, -0.25) is 9.59 Å². The van der Waals surface area contributed by atoms with Gasteiger partial charge in [0.25, 0.3) is 0 Å². The smallest absolute Gasteiger partial charge is 0.211 e. The molecule has 0 heterocycles. The average molecular weight is 547 g/mol. The van der Waals surface area contributed by atoms with Gasteiger partial charge in [-0.15, -0.1) is 0 Å². The maximum Gasteiger partial charge on any atom is 0.211 e. The summed E-state index contributed by atoms with van der Waals surface area (Å²) in [5, 5.41) is 4.02. The summed E-state index contributed by atoms with van der Waals surface area (Å²) < 4.78 is 0. The minimum atomic E-state index is -0.237. The van der Waals surface area contributed by atoms with E-state index in [1.807, 2.05) is 169 Å². The second-order valence-corrected chi connectivity index (χ2v) is 10.3. The van der Waals surface area contributed by atoms with Crippen LogP contribution in [0.4, 0.5) is 11.4 Å². The molecule has 6 aromatic rings. The lowest BCUT2D eigenvalue weighted by atomic mass is 9.96. The number of allylic oxidation sites excluding steroid dienone is 2. The number of para-hydroxylation sites is 2. The van der Waals surface area contributed by atoms with E-state index in [0.29, 0.717) is 22.5 Å². The van der Waals surface area contributed by atoms with Gasteiger partial charge in [-0.1, -0.05) is 109 Å². The van der Waals surface area contributed by atoms with Crippen LogP contribution in [0.3, 0.4) is 0 Å². The summed E-state index contributed by atoms with van der Waals surface area (Å²) in [4.78, 5) is 32.9. The number of hydrogen-bond acceptors (Lipinski definition) is 4. The molecule has 4 heteroatoms. The maximum absolute atomic E-state index is 14.7. The number of carbonyl (C=O) groups excluding carboxylic acids is 2. The fraction of sp³-hybridized carbons (Fsp3) is 0.0526. The van der Waals surface area contributed by atoms with Crippen LogP contribution in [0.1, 0.15) is 20.7 Å². The highest BCUT2D eigenvalue weighted by Gasteiger charge is 2.30. The number of benzene rings is 6. The molecule has 4 nitrogen and oxygen atoms in total. The Hall–Kier alpha value is -5.48. The number of fused-ring (bicyclic) bond motifs is 2. The SMILES string of the molecule is CN(/C(C(=O)c1ccc2ccccc2c1)=C(/C(=O)c1ccc2ccccc2c1)N(C)c1ccccc1)c1ccccc1. The van der Waals surface area contributed by atoms with Crippen LogP contribution in [0, 0.1) is 0 Å². The highest BCUT2D eigenvalue weighted by molar-refractivity contribution is 6.21. The molecule has 0 radical (unpaired) electrons. The minimum absolute atomic E-state index is 0.237. The number of carbonyl (C=O) groups is 2. The highest BCUT2D eigenvalue weighted by Crippen LogP contribution is 2.30. The monoisotopic (exact) mass is 546 g/mol. The number of nitrogens with zero attached hydrogens (tertiary/aromatic N) is 2. The highest BCUT2D eigenvalue weighted by atomic mass is 16.1. The summed E-state index contributed by atoms with van der Waals surface area (Å²) in [6, 6.07) is 46.6. The summed E-state index contributed by atoms with van der Waals surface area (Å²) in [5.74, 6) is -0.474.